The van der Waals surface area contributed by atoms with E-state index in [0.29, 0.717) is 12.4 Å². The summed E-state index contributed by atoms with van der Waals surface area (Å²) in [4.78, 5) is 6.53. The highest BCUT2D eigenvalue weighted by atomic mass is 15.1. The summed E-state index contributed by atoms with van der Waals surface area (Å²) in [6.07, 6.45) is 6.24. The van der Waals surface area contributed by atoms with Gasteiger partial charge >= 0.3 is 0 Å². The molecule has 0 fully saturated rings. The Labute approximate surface area is 81.9 Å². The van der Waals surface area contributed by atoms with Gasteiger partial charge < -0.3 is 5.73 Å². The van der Waals surface area contributed by atoms with Crippen LogP contribution in [0, 0.1) is 0 Å². The van der Waals surface area contributed by atoms with Gasteiger partial charge in [-0.25, -0.2) is 4.98 Å². The SMILES string of the molecule is [N-]=[N+]=NCCC=Cc1ccnc(N)c1. The molecule has 0 saturated heterocycles. The minimum atomic E-state index is 0.480. The zero-order valence-electron chi connectivity index (χ0n) is 7.67. The fourth-order valence-corrected chi connectivity index (χ4v) is 0.966. The molecular formula is C9H11N5. The number of hydrogen-bond donors (Lipinski definition) is 1. The number of nitrogen functional groups attached to an aromatic ring is 1. The number of hydrogen-bond acceptors (Lipinski definition) is 3. The molecule has 0 aliphatic carbocycles. The smallest absolute Gasteiger partial charge is 0.123 e. The first kappa shape index (κ1) is 10.1. The van der Waals surface area contributed by atoms with Crippen LogP contribution in [-0.4, -0.2) is 11.5 Å². The van der Waals surface area contributed by atoms with E-state index in [-0.39, 0.29) is 0 Å². The van der Waals surface area contributed by atoms with E-state index in [1.165, 1.54) is 0 Å². The van der Waals surface area contributed by atoms with Crippen LogP contribution in [-0.2, 0) is 0 Å². The van der Waals surface area contributed by atoms with Crippen LogP contribution in [0.2, 0.25) is 0 Å². The van der Waals surface area contributed by atoms with E-state index in [0.717, 1.165) is 12.0 Å². The molecule has 0 amide bonds. The fourth-order valence-electron chi connectivity index (χ4n) is 0.966. The standard InChI is InChI=1S/C9H11N5/c10-9-7-8(4-6-12-9)3-1-2-5-13-14-11/h1,3-4,6-7H,2,5H2,(H2,10,12). The fraction of sp³-hybridized carbons (Fsp3) is 0.222. The van der Waals surface area contributed by atoms with E-state index in [2.05, 4.69) is 15.0 Å². The van der Waals surface area contributed by atoms with E-state index in [4.69, 9.17) is 11.3 Å². The Balaban J connectivity index is 2.47. The summed E-state index contributed by atoms with van der Waals surface area (Å²) in [5.74, 6) is 0.502. The van der Waals surface area contributed by atoms with E-state index in [9.17, 15) is 0 Å². The summed E-state index contributed by atoms with van der Waals surface area (Å²) in [6.45, 7) is 0.480. The molecule has 0 atom stereocenters. The second-order valence-electron chi connectivity index (χ2n) is 2.66. The van der Waals surface area contributed by atoms with Crippen molar-refractivity contribution >= 4 is 11.9 Å². The molecule has 0 saturated carbocycles. The van der Waals surface area contributed by atoms with Gasteiger partial charge in [0.05, 0.1) is 0 Å². The van der Waals surface area contributed by atoms with Gasteiger partial charge in [0.1, 0.15) is 5.82 Å². The highest BCUT2D eigenvalue weighted by Gasteiger charge is 1.87. The molecule has 72 valence electrons. The van der Waals surface area contributed by atoms with Gasteiger partial charge in [0, 0.05) is 17.7 Å². The van der Waals surface area contributed by atoms with Crippen molar-refractivity contribution in [3.05, 3.63) is 40.4 Å². The minimum absolute atomic E-state index is 0.480. The number of nitrogens with zero attached hydrogens (tertiary/aromatic N) is 4. The van der Waals surface area contributed by atoms with Gasteiger partial charge in [0.15, 0.2) is 0 Å². The van der Waals surface area contributed by atoms with Gasteiger partial charge in [-0.1, -0.05) is 17.3 Å². The summed E-state index contributed by atoms with van der Waals surface area (Å²) in [6, 6.07) is 3.64. The average molecular weight is 189 g/mol. The molecule has 1 aromatic heterocycles. The quantitative estimate of drug-likeness (QED) is 0.341. The van der Waals surface area contributed by atoms with Crippen molar-refractivity contribution in [3.63, 3.8) is 0 Å². The van der Waals surface area contributed by atoms with Crippen LogP contribution in [0.1, 0.15) is 12.0 Å². The molecular weight excluding hydrogens is 178 g/mol. The molecule has 0 unspecified atom stereocenters. The zero-order chi connectivity index (χ0) is 10.2. The van der Waals surface area contributed by atoms with Crippen LogP contribution in [0.5, 0.6) is 0 Å². The second kappa shape index (κ2) is 5.61. The van der Waals surface area contributed by atoms with Gasteiger partial charge in [0.25, 0.3) is 0 Å². The van der Waals surface area contributed by atoms with E-state index in [1.807, 2.05) is 18.2 Å². The van der Waals surface area contributed by atoms with Crippen LogP contribution in [0.25, 0.3) is 16.5 Å². The van der Waals surface area contributed by atoms with Crippen LogP contribution < -0.4 is 5.73 Å². The van der Waals surface area contributed by atoms with Crippen molar-refractivity contribution in [2.24, 2.45) is 5.11 Å². The molecule has 0 bridgehead atoms. The number of rotatable bonds is 4. The summed E-state index contributed by atoms with van der Waals surface area (Å²) < 4.78 is 0. The summed E-state index contributed by atoms with van der Waals surface area (Å²) in [7, 11) is 0. The van der Waals surface area contributed by atoms with Crippen molar-refractivity contribution in [2.45, 2.75) is 6.42 Å². The third-order valence-corrected chi connectivity index (χ3v) is 1.57. The molecule has 0 aliphatic heterocycles. The van der Waals surface area contributed by atoms with Crippen LogP contribution in [0.15, 0.2) is 29.5 Å². The first-order chi connectivity index (χ1) is 6.83. The highest BCUT2D eigenvalue weighted by molar-refractivity contribution is 5.52. The van der Waals surface area contributed by atoms with Crippen LogP contribution in [0.4, 0.5) is 5.82 Å². The largest absolute Gasteiger partial charge is 0.384 e. The Hall–Kier alpha value is -2.00. The first-order valence-electron chi connectivity index (χ1n) is 4.22. The summed E-state index contributed by atoms with van der Waals surface area (Å²) in [5.41, 5.74) is 14.5. The van der Waals surface area contributed by atoms with E-state index in [1.54, 1.807) is 12.3 Å². The molecule has 0 radical (unpaired) electrons. The zero-order valence-corrected chi connectivity index (χ0v) is 7.67. The Kier molecular flexibility index (Phi) is 4.04. The van der Waals surface area contributed by atoms with Crippen molar-refractivity contribution < 1.29 is 0 Å². The van der Waals surface area contributed by atoms with E-state index < -0.39 is 0 Å². The maximum Gasteiger partial charge on any atom is 0.123 e. The molecule has 5 nitrogen and oxygen atoms in total. The highest BCUT2D eigenvalue weighted by Crippen LogP contribution is 2.05. The topological polar surface area (TPSA) is 87.7 Å². The monoisotopic (exact) mass is 189 g/mol. The predicted molar refractivity (Wildman–Crippen MR) is 56.3 cm³/mol. The number of azide groups is 1. The third-order valence-electron chi connectivity index (χ3n) is 1.57. The third kappa shape index (κ3) is 3.60. The number of aromatic nitrogens is 1. The Morgan fingerprint density at radius 1 is 1.64 bits per heavy atom. The van der Waals surface area contributed by atoms with Gasteiger partial charge in [-0.05, 0) is 29.6 Å². The maximum atomic E-state index is 8.03. The molecule has 0 spiro atoms. The molecule has 0 aliphatic rings. The molecule has 1 aromatic rings. The minimum Gasteiger partial charge on any atom is -0.384 e. The van der Waals surface area contributed by atoms with Crippen LogP contribution in [0.3, 0.4) is 0 Å². The normalized spacial score (nSPS) is 10.0. The maximum absolute atomic E-state index is 8.03. The lowest BCUT2D eigenvalue weighted by atomic mass is 10.2. The second-order valence-corrected chi connectivity index (χ2v) is 2.66. The van der Waals surface area contributed by atoms with Gasteiger partial charge in [-0.2, -0.15) is 0 Å². The predicted octanol–water partition coefficient (Wildman–Crippen LogP) is 2.38. The van der Waals surface area contributed by atoms with Gasteiger partial charge in [-0.3, -0.25) is 0 Å². The van der Waals surface area contributed by atoms with E-state index >= 15 is 0 Å². The molecule has 5 heteroatoms. The number of pyridine rings is 1. The lowest BCUT2D eigenvalue weighted by Crippen LogP contribution is -1.88. The average Bonchev–Trinajstić information content (AvgIpc) is 2.18. The van der Waals surface area contributed by atoms with Gasteiger partial charge in [-0.15, -0.1) is 0 Å². The van der Waals surface area contributed by atoms with Gasteiger partial charge in [0.2, 0.25) is 0 Å². The van der Waals surface area contributed by atoms with Crippen LogP contribution >= 0.6 is 0 Å². The number of nitrogens with two attached hydrogens (primary N) is 1. The van der Waals surface area contributed by atoms with Crippen molar-refractivity contribution in [3.8, 4) is 0 Å². The molecule has 2 N–H and O–H groups in total. The first-order valence-corrected chi connectivity index (χ1v) is 4.22. The molecule has 1 rings (SSSR count). The molecule has 0 aromatic carbocycles. The summed E-state index contributed by atoms with van der Waals surface area (Å²) >= 11 is 0. The summed E-state index contributed by atoms with van der Waals surface area (Å²) in [5, 5.41) is 3.41. The Morgan fingerprint density at radius 2 is 2.50 bits per heavy atom. The lowest BCUT2D eigenvalue weighted by Gasteiger charge is -1.93. The Bertz CT molecular complexity index is 365. The van der Waals surface area contributed by atoms with Crippen molar-refractivity contribution in [1.82, 2.24) is 4.98 Å². The Morgan fingerprint density at radius 3 is 3.21 bits per heavy atom. The molecule has 14 heavy (non-hydrogen) atoms. The lowest BCUT2D eigenvalue weighted by molar-refractivity contribution is 0.995. The van der Waals surface area contributed by atoms with Crippen molar-refractivity contribution in [2.75, 3.05) is 12.3 Å². The van der Waals surface area contributed by atoms with Crippen molar-refractivity contribution in [1.29, 1.82) is 0 Å². The number of anilines is 1. The molecule has 1 heterocycles.